The maximum atomic E-state index is 3.57. The second-order valence-corrected chi connectivity index (χ2v) is 6.40. The summed E-state index contributed by atoms with van der Waals surface area (Å²) in [5.74, 6) is 0.753. The molecule has 3 rings (SSSR count). The van der Waals surface area contributed by atoms with Crippen LogP contribution >= 0.6 is 0 Å². The third-order valence-electron chi connectivity index (χ3n) is 4.80. The minimum absolute atomic E-state index is 0.568. The third kappa shape index (κ3) is 2.70. The Bertz CT molecular complexity index is 433. The van der Waals surface area contributed by atoms with Crippen LogP contribution in [0.2, 0.25) is 0 Å². The molecule has 1 aliphatic heterocycles. The maximum absolute atomic E-state index is 3.57. The number of rotatable bonds is 3. The van der Waals surface area contributed by atoms with E-state index in [1.807, 2.05) is 0 Å². The predicted molar refractivity (Wildman–Crippen MR) is 80.5 cm³/mol. The lowest BCUT2D eigenvalue weighted by Crippen LogP contribution is -2.38. The van der Waals surface area contributed by atoms with Crippen LogP contribution in [0.4, 0.5) is 0 Å². The molecule has 1 aromatic rings. The summed E-state index contributed by atoms with van der Waals surface area (Å²) in [5.41, 5.74) is 4.72. The topological polar surface area (TPSA) is 15.3 Å². The number of fused-ring (bicyclic) bond motifs is 1. The predicted octanol–water partition coefficient (Wildman–Crippen LogP) is 2.78. The van der Waals surface area contributed by atoms with Crippen molar-refractivity contribution in [2.45, 2.75) is 38.1 Å². The van der Waals surface area contributed by atoms with Crippen LogP contribution in [0.3, 0.4) is 0 Å². The summed E-state index contributed by atoms with van der Waals surface area (Å²) < 4.78 is 0. The van der Waals surface area contributed by atoms with Crippen molar-refractivity contribution in [1.82, 2.24) is 10.2 Å². The lowest BCUT2D eigenvalue weighted by Gasteiger charge is -2.35. The van der Waals surface area contributed by atoms with Crippen LogP contribution in [0.15, 0.2) is 18.2 Å². The highest BCUT2D eigenvalue weighted by atomic mass is 15.1. The van der Waals surface area contributed by atoms with E-state index < -0.39 is 0 Å². The fourth-order valence-corrected chi connectivity index (χ4v) is 3.92. The molecule has 1 N–H and O–H groups in total. The fraction of sp³-hybridized carbons (Fsp3) is 0.647. The number of nitrogens with one attached hydrogen (secondary N) is 1. The molecule has 19 heavy (non-hydrogen) atoms. The van der Waals surface area contributed by atoms with Gasteiger partial charge in [0.25, 0.3) is 0 Å². The van der Waals surface area contributed by atoms with Crippen LogP contribution in [0.1, 0.15) is 42.0 Å². The number of nitrogens with zero attached hydrogens (tertiary/aromatic N) is 1. The van der Waals surface area contributed by atoms with Crippen molar-refractivity contribution in [2.24, 2.45) is 5.92 Å². The number of aryl methyl sites for hydroxylation is 2. The monoisotopic (exact) mass is 258 g/mol. The Labute approximate surface area is 117 Å². The lowest BCUT2D eigenvalue weighted by atomic mass is 9.85. The first kappa shape index (κ1) is 13.1. The van der Waals surface area contributed by atoms with Crippen LogP contribution in [-0.2, 0) is 12.8 Å². The molecule has 2 nitrogen and oxygen atoms in total. The first-order chi connectivity index (χ1) is 9.25. The molecule has 0 amide bonds. The zero-order chi connectivity index (χ0) is 13.2. The lowest BCUT2D eigenvalue weighted by molar-refractivity contribution is 0.181. The Balaban J connectivity index is 1.87. The van der Waals surface area contributed by atoms with E-state index in [4.69, 9.17) is 0 Å². The van der Waals surface area contributed by atoms with Crippen LogP contribution in [0, 0.1) is 5.92 Å². The van der Waals surface area contributed by atoms with Gasteiger partial charge in [-0.25, -0.2) is 0 Å². The van der Waals surface area contributed by atoms with E-state index in [2.05, 4.69) is 42.5 Å². The Kier molecular flexibility index (Phi) is 3.90. The highest BCUT2D eigenvalue weighted by Gasteiger charge is 2.27. The van der Waals surface area contributed by atoms with Gasteiger partial charge in [-0.1, -0.05) is 18.2 Å². The van der Waals surface area contributed by atoms with Gasteiger partial charge in [0, 0.05) is 6.04 Å². The minimum atomic E-state index is 0.568. The van der Waals surface area contributed by atoms with Crippen LogP contribution in [0.25, 0.3) is 0 Å². The Morgan fingerprint density at radius 3 is 2.74 bits per heavy atom. The van der Waals surface area contributed by atoms with Gasteiger partial charge in [0.05, 0.1) is 0 Å². The standard InChI is InChI=1S/C17H26N2/c1-19(2)17(16-7-4-10-18-12-16)15-9-8-13-5-3-6-14(13)11-15/h8-9,11,16-18H,3-7,10,12H2,1-2H3. The highest BCUT2D eigenvalue weighted by Crippen LogP contribution is 2.33. The Morgan fingerprint density at radius 1 is 1.16 bits per heavy atom. The summed E-state index contributed by atoms with van der Waals surface area (Å²) >= 11 is 0. The van der Waals surface area contributed by atoms with Gasteiger partial charge in [0.1, 0.15) is 0 Å². The van der Waals surface area contributed by atoms with Crippen molar-refractivity contribution in [3.8, 4) is 0 Å². The summed E-state index contributed by atoms with van der Waals surface area (Å²) in [6, 6.07) is 7.81. The molecule has 0 aromatic heterocycles. The number of benzene rings is 1. The minimum Gasteiger partial charge on any atom is -0.316 e. The van der Waals surface area contributed by atoms with Gasteiger partial charge in [-0.2, -0.15) is 0 Å². The molecular weight excluding hydrogens is 232 g/mol. The van der Waals surface area contributed by atoms with E-state index in [0.717, 1.165) is 5.92 Å². The number of piperidine rings is 1. The van der Waals surface area contributed by atoms with Gasteiger partial charge in [-0.15, -0.1) is 0 Å². The smallest absolute Gasteiger partial charge is 0.0382 e. The van der Waals surface area contributed by atoms with E-state index >= 15 is 0 Å². The summed E-state index contributed by atoms with van der Waals surface area (Å²) in [5, 5.41) is 3.57. The summed E-state index contributed by atoms with van der Waals surface area (Å²) in [6.07, 6.45) is 6.59. The van der Waals surface area contributed by atoms with Crippen LogP contribution < -0.4 is 5.32 Å². The normalized spacial score (nSPS) is 24.5. The number of hydrogen-bond donors (Lipinski definition) is 1. The van der Waals surface area contributed by atoms with Gasteiger partial charge in [-0.05, 0) is 81.9 Å². The van der Waals surface area contributed by atoms with Crippen molar-refractivity contribution < 1.29 is 0 Å². The maximum Gasteiger partial charge on any atom is 0.0382 e. The van der Waals surface area contributed by atoms with Crippen molar-refractivity contribution in [2.75, 3.05) is 27.2 Å². The molecule has 0 saturated carbocycles. The van der Waals surface area contributed by atoms with Crippen molar-refractivity contribution >= 4 is 0 Å². The molecule has 1 fully saturated rings. The molecule has 0 radical (unpaired) electrons. The molecule has 0 spiro atoms. The number of hydrogen-bond acceptors (Lipinski definition) is 2. The van der Waals surface area contributed by atoms with E-state index in [-0.39, 0.29) is 0 Å². The van der Waals surface area contributed by atoms with Crippen molar-refractivity contribution in [1.29, 1.82) is 0 Å². The second kappa shape index (κ2) is 5.64. The van der Waals surface area contributed by atoms with Gasteiger partial charge in [-0.3, -0.25) is 0 Å². The van der Waals surface area contributed by atoms with Gasteiger partial charge < -0.3 is 10.2 Å². The summed E-state index contributed by atoms with van der Waals surface area (Å²) in [4.78, 5) is 2.41. The van der Waals surface area contributed by atoms with Crippen molar-refractivity contribution in [3.63, 3.8) is 0 Å². The average molecular weight is 258 g/mol. The quantitative estimate of drug-likeness (QED) is 0.897. The summed E-state index contributed by atoms with van der Waals surface area (Å²) in [6.45, 7) is 2.36. The molecule has 2 heteroatoms. The molecule has 1 saturated heterocycles. The van der Waals surface area contributed by atoms with E-state index in [1.54, 1.807) is 11.1 Å². The molecule has 104 valence electrons. The molecule has 2 atom stereocenters. The van der Waals surface area contributed by atoms with Gasteiger partial charge >= 0.3 is 0 Å². The first-order valence-corrected chi connectivity index (χ1v) is 7.74. The molecule has 1 aromatic carbocycles. The summed E-state index contributed by atoms with van der Waals surface area (Å²) in [7, 11) is 4.46. The fourth-order valence-electron chi connectivity index (χ4n) is 3.92. The van der Waals surface area contributed by atoms with E-state index in [9.17, 15) is 0 Å². The van der Waals surface area contributed by atoms with Crippen molar-refractivity contribution in [3.05, 3.63) is 34.9 Å². The Morgan fingerprint density at radius 2 is 2.00 bits per heavy atom. The van der Waals surface area contributed by atoms with Crippen LogP contribution in [0.5, 0.6) is 0 Å². The zero-order valence-corrected chi connectivity index (χ0v) is 12.3. The molecule has 2 aliphatic rings. The molecule has 1 heterocycles. The molecular formula is C17H26N2. The first-order valence-electron chi connectivity index (χ1n) is 7.74. The molecule has 0 bridgehead atoms. The van der Waals surface area contributed by atoms with Gasteiger partial charge in [0.2, 0.25) is 0 Å². The molecule has 1 aliphatic carbocycles. The third-order valence-corrected chi connectivity index (χ3v) is 4.80. The zero-order valence-electron chi connectivity index (χ0n) is 12.3. The average Bonchev–Trinajstić information content (AvgIpc) is 2.87. The largest absolute Gasteiger partial charge is 0.316 e. The molecule has 2 unspecified atom stereocenters. The van der Waals surface area contributed by atoms with E-state index in [1.165, 1.54) is 50.8 Å². The SMILES string of the molecule is CN(C)C(c1ccc2c(c1)CCC2)C1CCCNC1. The Hall–Kier alpha value is -0.860. The second-order valence-electron chi connectivity index (χ2n) is 6.40. The van der Waals surface area contributed by atoms with E-state index in [0.29, 0.717) is 6.04 Å². The van der Waals surface area contributed by atoms with Crippen LogP contribution in [-0.4, -0.2) is 32.1 Å². The van der Waals surface area contributed by atoms with Gasteiger partial charge in [0.15, 0.2) is 0 Å². The highest BCUT2D eigenvalue weighted by molar-refractivity contribution is 5.36.